The zero-order valence-electron chi connectivity index (χ0n) is 12.3. The van der Waals surface area contributed by atoms with Crippen LogP contribution < -0.4 is 15.8 Å². The summed E-state index contributed by atoms with van der Waals surface area (Å²) in [6, 6.07) is 6.03. The Hall–Kier alpha value is -1.73. The van der Waals surface area contributed by atoms with E-state index in [4.69, 9.17) is 15.6 Å². The third-order valence-electron chi connectivity index (χ3n) is 2.97. The number of methoxy groups -OCH3 is 1. The first-order valence-electron chi connectivity index (χ1n) is 6.33. The number of carbonyl (C=O) groups is 2. The fourth-order valence-corrected chi connectivity index (χ4v) is 2.43. The second kappa shape index (κ2) is 7.33. The van der Waals surface area contributed by atoms with Crippen LogP contribution in [-0.4, -0.2) is 40.6 Å². The number of anilines is 1. The standard InChI is InChI=1S/C14H20N2O4S/c1-14(2,12(15)13(18)19)21-8-11(17)16-9-6-4-5-7-10(9)20-3/h4-7,12H,8,15H2,1-3H3,(H,16,17)(H,18,19)/t12-/m0/s1. The van der Waals surface area contributed by atoms with Crippen LogP contribution >= 0.6 is 11.8 Å². The third-order valence-corrected chi connectivity index (χ3v) is 4.38. The van der Waals surface area contributed by atoms with Crippen molar-refractivity contribution >= 4 is 29.3 Å². The first-order chi connectivity index (χ1) is 9.77. The van der Waals surface area contributed by atoms with Gasteiger partial charge in [-0.25, -0.2) is 0 Å². The second-order valence-electron chi connectivity index (χ2n) is 4.96. The quantitative estimate of drug-likeness (QED) is 0.706. The van der Waals surface area contributed by atoms with Crippen LogP contribution in [0.3, 0.4) is 0 Å². The van der Waals surface area contributed by atoms with Crippen LogP contribution in [0.2, 0.25) is 0 Å². The summed E-state index contributed by atoms with van der Waals surface area (Å²) in [7, 11) is 1.52. The molecule has 7 heteroatoms. The van der Waals surface area contributed by atoms with Crippen molar-refractivity contribution in [1.82, 2.24) is 0 Å². The highest BCUT2D eigenvalue weighted by atomic mass is 32.2. The normalized spacial score (nSPS) is 12.6. The van der Waals surface area contributed by atoms with E-state index >= 15 is 0 Å². The molecule has 0 bridgehead atoms. The SMILES string of the molecule is COc1ccccc1NC(=O)CSC(C)(C)[C@@H](N)C(=O)O. The zero-order valence-corrected chi connectivity index (χ0v) is 13.1. The average molecular weight is 312 g/mol. The molecular weight excluding hydrogens is 292 g/mol. The molecule has 4 N–H and O–H groups in total. The van der Waals surface area contributed by atoms with Crippen LogP contribution in [0.25, 0.3) is 0 Å². The van der Waals surface area contributed by atoms with Crippen molar-refractivity contribution in [2.45, 2.75) is 24.6 Å². The molecule has 116 valence electrons. The maximum absolute atomic E-state index is 11.9. The van der Waals surface area contributed by atoms with Gasteiger partial charge >= 0.3 is 5.97 Å². The molecule has 0 radical (unpaired) electrons. The van der Waals surface area contributed by atoms with Gasteiger partial charge in [-0.15, -0.1) is 11.8 Å². The maximum atomic E-state index is 11.9. The fourth-order valence-electron chi connectivity index (χ4n) is 1.57. The first-order valence-corrected chi connectivity index (χ1v) is 7.31. The lowest BCUT2D eigenvalue weighted by Crippen LogP contribution is -2.47. The number of carboxylic acid groups (broad SMARTS) is 1. The largest absolute Gasteiger partial charge is 0.495 e. The molecule has 6 nitrogen and oxygen atoms in total. The molecule has 0 unspecified atom stereocenters. The number of carboxylic acids is 1. The van der Waals surface area contributed by atoms with Crippen LogP contribution in [0.1, 0.15) is 13.8 Å². The van der Waals surface area contributed by atoms with Crippen molar-refractivity contribution in [1.29, 1.82) is 0 Å². The zero-order chi connectivity index (χ0) is 16.0. The summed E-state index contributed by atoms with van der Waals surface area (Å²) in [4.78, 5) is 22.9. The Labute approximate surface area is 128 Å². The molecule has 1 aromatic carbocycles. The number of carbonyl (C=O) groups excluding carboxylic acids is 1. The van der Waals surface area contributed by atoms with Crippen molar-refractivity contribution < 1.29 is 19.4 Å². The number of para-hydroxylation sites is 2. The summed E-state index contributed by atoms with van der Waals surface area (Å²) in [5.74, 6) is -0.656. The van der Waals surface area contributed by atoms with E-state index in [1.165, 1.54) is 18.9 Å². The van der Waals surface area contributed by atoms with Gasteiger partial charge in [0.1, 0.15) is 11.8 Å². The lowest BCUT2D eigenvalue weighted by Gasteiger charge is -2.27. The second-order valence-corrected chi connectivity index (χ2v) is 6.59. The summed E-state index contributed by atoms with van der Waals surface area (Å²) >= 11 is 1.20. The van der Waals surface area contributed by atoms with Gasteiger partial charge in [-0.2, -0.15) is 0 Å². The predicted octanol–water partition coefficient (Wildman–Crippen LogP) is 1.56. The smallest absolute Gasteiger partial charge is 0.321 e. The summed E-state index contributed by atoms with van der Waals surface area (Å²) < 4.78 is 4.40. The number of ether oxygens (including phenoxy) is 1. The number of aliphatic carboxylic acids is 1. The summed E-state index contributed by atoms with van der Waals surface area (Å²) in [5.41, 5.74) is 6.18. The van der Waals surface area contributed by atoms with Gasteiger partial charge in [-0.05, 0) is 26.0 Å². The lowest BCUT2D eigenvalue weighted by atomic mass is 10.1. The van der Waals surface area contributed by atoms with Gasteiger partial charge < -0.3 is 20.9 Å². The third kappa shape index (κ3) is 4.95. The summed E-state index contributed by atoms with van der Waals surface area (Å²) in [6.07, 6.45) is 0. The van der Waals surface area contributed by atoms with E-state index in [9.17, 15) is 9.59 Å². The number of thioether (sulfide) groups is 1. The Bertz CT molecular complexity index is 519. The highest BCUT2D eigenvalue weighted by Gasteiger charge is 2.33. The van der Waals surface area contributed by atoms with Gasteiger partial charge in [0.25, 0.3) is 0 Å². The molecule has 0 fully saturated rings. The Morgan fingerprint density at radius 1 is 1.43 bits per heavy atom. The number of nitrogens with one attached hydrogen (secondary N) is 1. The van der Waals surface area contributed by atoms with Crippen molar-refractivity contribution in [3.63, 3.8) is 0 Å². The molecule has 0 spiro atoms. The van der Waals surface area contributed by atoms with Crippen molar-refractivity contribution in [2.75, 3.05) is 18.2 Å². The topological polar surface area (TPSA) is 102 Å². The Kier molecular flexibility index (Phi) is 6.04. The first kappa shape index (κ1) is 17.3. The number of hydrogen-bond donors (Lipinski definition) is 3. The minimum atomic E-state index is -1.09. The van der Waals surface area contributed by atoms with Crippen LogP contribution in [-0.2, 0) is 9.59 Å². The summed E-state index contributed by atoms with van der Waals surface area (Å²) in [5, 5.41) is 11.7. The molecule has 1 amide bonds. The minimum absolute atomic E-state index is 0.103. The van der Waals surface area contributed by atoms with Gasteiger partial charge in [0, 0.05) is 4.75 Å². The fraction of sp³-hybridized carbons (Fsp3) is 0.429. The molecule has 21 heavy (non-hydrogen) atoms. The molecule has 0 heterocycles. The van der Waals surface area contributed by atoms with Gasteiger partial charge in [0.2, 0.25) is 5.91 Å². The van der Waals surface area contributed by atoms with E-state index in [2.05, 4.69) is 5.32 Å². The van der Waals surface area contributed by atoms with E-state index in [-0.39, 0.29) is 11.7 Å². The minimum Gasteiger partial charge on any atom is -0.495 e. The number of amides is 1. The van der Waals surface area contributed by atoms with E-state index in [0.29, 0.717) is 11.4 Å². The van der Waals surface area contributed by atoms with Gasteiger partial charge in [-0.3, -0.25) is 9.59 Å². The molecule has 0 aliphatic carbocycles. The number of benzene rings is 1. The summed E-state index contributed by atoms with van der Waals surface area (Å²) in [6.45, 7) is 3.40. The number of nitrogens with two attached hydrogens (primary N) is 1. The average Bonchev–Trinajstić information content (AvgIpc) is 2.45. The van der Waals surface area contributed by atoms with E-state index in [1.807, 2.05) is 0 Å². The van der Waals surface area contributed by atoms with Crippen LogP contribution in [0.4, 0.5) is 5.69 Å². The number of rotatable bonds is 7. The maximum Gasteiger partial charge on any atom is 0.321 e. The van der Waals surface area contributed by atoms with Crippen LogP contribution in [0, 0.1) is 0 Å². The van der Waals surface area contributed by atoms with Gasteiger partial charge in [0.05, 0.1) is 18.6 Å². The Morgan fingerprint density at radius 3 is 2.62 bits per heavy atom. The lowest BCUT2D eigenvalue weighted by molar-refractivity contribution is -0.139. The highest BCUT2D eigenvalue weighted by Crippen LogP contribution is 2.28. The number of hydrogen-bond acceptors (Lipinski definition) is 5. The van der Waals surface area contributed by atoms with E-state index in [0.717, 1.165) is 0 Å². The van der Waals surface area contributed by atoms with Gasteiger partial charge in [0.15, 0.2) is 0 Å². The molecule has 1 rings (SSSR count). The molecule has 1 atom stereocenters. The van der Waals surface area contributed by atoms with E-state index < -0.39 is 16.8 Å². The molecule has 0 aromatic heterocycles. The molecule has 0 aliphatic rings. The molecule has 0 saturated carbocycles. The van der Waals surface area contributed by atoms with Crippen molar-refractivity contribution in [3.8, 4) is 5.75 Å². The molecular formula is C14H20N2O4S. The monoisotopic (exact) mass is 312 g/mol. The Balaban J connectivity index is 2.60. The molecule has 1 aromatic rings. The molecule has 0 aliphatic heterocycles. The molecule has 0 saturated heterocycles. The Morgan fingerprint density at radius 2 is 2.05 bits per heavy atom. The van der Waals surface area contributed by atoms with Crippen LogP contribution in [0.5, 0.6) is 5.75 Å². The van der Waals surface area contributed by atoms with Crippen LogP contribution in [0.15, 0.2) is 24.3 Å². The van der Waals surface area contributed by atoms with Gasteiger partial charge in [-0.1, -0.05) is 12.1 Å². The van der Waals surface area contributed by atoms with Crippen molar-refractivity contribution in [2.24, 2.45) is 5.73 Å². The highest BCUT2D eigenvalue weighted by molar-refractivity contribution is 8.01. The van der Waals surface area contributed by atoms with Crippen molar-refractivity contribution in [3.05, 3.63) is 24.3 Å². The van der Waals surface area contributed by atoms with E-state index in [1.54, 1.807) is 38.1 Å². The predicted molar refractivity (Wildman–Crippen MR) is 83.8 cm³/mol.